The zero-order valence-electron chi connectivity index (χ0n) is 13.4. The van der Waals surface area contributed by atoms with Crippen LogP contribution in [0.3, 0.4) is 0 Å². The first-order valence-corrected chi connectivity index (χ1v) is 8.85. The van der Waals surface area contributed by atoms with E-state index in [1.807, 2.05) is 54.4 Å². The van der Waals surface area contributed by atoms with Crippen molar-refractivity contribution in [1.29, 1.82) is 0 Å². The average molecular weight is 326 g/mol. The zero-order valence-corrected chi connectivity index (χ0v) is 14.2. The Labute approximate surface area is 142 Å². The highest BCUT2D eigenvalue weighted by Gasteiger charge is 2.27. The van der Waals surface area contributed by atoms with E-state index in [9.17, 15) is 4.79 Å². The summed E-state index contributed by atoms with van der Waals surface area (Å²) in [7, 11) is 1.97. The van der Waals surface area contributed by atoms with Gasteiger partial charge in [0.1, 0.15) is 0 Å². The van der Waals surface area contributed by atoms with Crippen LogP contribution in [0.1, 0.15) is 16.8 Å². The van der Waals surface area contributed by atoms with E-state index in [1.165, 1.54) is 0 Å². The van der Waals surface area contributed by atoms with Crippen LogP contribution in [-0.2, 0) is 0 Å². The van der Waals surface area contributed by atoms with Gasteiger partial charge in [-0.3, -0.25) is 4.79 Å². The van der Waals surface area contributed by atoms with Crippen molar-refractivity contribution in [3.8, 4) is 0 Å². The molecule has 0 bridgehead atoms. The largest absolute Gasteiger partial charge is 0.338 e. The van der Waals surface area contributed by atoms with Crippen molar-refractivity contribution < 1.29 is 4.79 Å². The number of benzene rings is 2. The first kappa shape index (κ1) is 16.1. The molecule has 1 heterocycles. The number of likely N-dealkylation sites (tertiary alicyclic amines) is 1. The van der Waals surface area contributed by atoms with Gasteiger partial charge in [0, 0.05) is 22.9 Å². The van der Waals surface area contributed by atoms with Gasteiger partial charge in [0.05, 0.1) is 5.56 Å². The van der Waals surface area contributed by atoms with Crippen LogP contribution in [0, 0.1) is 5.92 Å². The molecule has 23 heavy (non-hydrogen) atoms. The molecule has 120 valence electrons. The van der Waals surface area contributed by atoms with Crippen LogP contribution in [0.5, 0.6) is 0 Å². The number of nitrogens with one attached hydrogen (secondary N) is 1. The first-order chi connectivity index (χ1) is 11.3. The third-order valence-corrected chi connectivity index (χ3v) is 5.24. The second kappa shape index (κ2) is 7.66. The molecule has 1 saturated heterocycles. The quantitative estimate of drug-likeness (QED) is 0.912. The van der Waals surface area contributed by atoms with Crippen molar-refractivity contribution in [1.82, 2.24) is 10.2 Å². The number of nitrogens with zero attached hydrogens (tertiary/aromatic N) is 1. The summed E-state index contributed by atoms with van der Waals surface area (Å²) in [5, 5.41) is 3.21. The Bertz CT molecular complexity index is 659. The number of rotatable bonds is 5. The van der Waals surface area contributed by atoms with Gasteiger partial charge in [-0.1, -0.05) is 42.1 Å². The van der Waals surface area contributed by atoms with Crippen molar-refractivity contribution in [3.63, 3.8) is 0 Å². The minimum Gasteiger partial charge on any atom is -0.338 e. The molecule has 4 heteroatoms. The fourth-order valence-electron chi connectivity index (χ4n) is 2.99. The topological polar surface area (TPSA) is 32.3 Å². The molecule has 0 aromatic heterocycles. The van der Waals surface area contributed by atoms with Crippen LogP contribution in [0.25, 0.3) is 0 Å². The molecule has 1 fully saturated rings. The summed E-state index contributed by atoms with van der Waals surface area (Å²) in [5.74, 6) is 0.723. The van der Waals surface area contributed by atoms with Crippen molar-refractivity contribution >= 4 is 17.7 Å². The molecule has 0 saturated carbocycles. The van der Waals surface area contributed by atoms with Gasteiger partial charge in [-0.25, -0.2) is 0 Å². The van der Waals surface area contributed by atoms with Crippen LogP contribution in [0.2, 0.25) is 0 Å². The lowest BCUT2D eigenvalue weighted by atomic mass is 10.1. The molecule has 0 aliphatic carbocycles. The summed E-state index contributed by atoms with van der Waals surface area (Å²) in [6, 6.07) is 18.1. The maximum Gasteiger partial charge on any atom is 0.255 e. The average Bonchev–Trinajstić information content (AvgIpc) is 3.05. The van der Waals surface area contributed by atoms with Crippen LogP contribution in [-0.4, -0.2) is 37.5 Å². The van der Waals surface area contributed by atoms with E-state index in [1.54, 1.807) is 11.8 Å². The number of hydrogen-bond donors (Lipinski definition) is 1. The minimum absolute atomic E-state index is 0.155. The van der Waals surface area contributed by atoms with Gasteiger partial charge < -0.3 is 10.2 Å². The summed E-state index contributed by atoms with van der Waals surface area (Å²) in [6.45, 7) is 2.68. The number of carbonyl (C=O) groups is 1. The molecule has 1 aliphatic heterocycles. The first-order valence-electron chi connectivity index (χ1n) is 8.03. The van der Waals surface area contributed by atoms with Crippen molar-refractivity contribution in [2.75, 3.05) is 26.7 Å². The summed E-state index contributed by atoms with van der Waals surface area (Å²) in [4.78, 5) is 17.1. The lowest BCUT2D eigenvalue weighted by molar-refractivity contribution is 0.0784. The second-order valence-corrected chi connectivity index (χ2v) is 6.99. The van der Waals surface area contributed by atoms with Gasteiger partial charge in [0.25, 0.3) is 5.91 Å². The minimum atomic E-state index is 0.155. The Morgan fingerprint density at radius 2 is 1.91 bits per heavy atom. The van der Waals surface area contributed by atoms with E-state index >= 15 is 0 Å². The highest BCUT2D eigenvalue weighted by Crippen LogP contribution is 2.31. The predicted octanol–water partition coefficient (Wildman–Crippen LogP) is 3.52. The van der Waals surface area contributed by atoms with Gasteiger partial charge in [-0.15, -0.1) is 0 Å². The van der Waals surface area contributed by atoms with Crippen molar-refractivity contribution in [2.24, 2.45) is 5.92 Å². The third kappa shape index (κ3) is 3.95. The summed E-state index contributed by atoms with van der Waals surface area (Å²) >= 11 is 1.65. The van der Waals surface area contributed by atoms with Gasteiger partial charge in [-0.05, 0) is 50.2 Å². The molecule has 2 aromatic rings. The van der Waals surface area contributed by atoms with Gasteiger partial charge >= 0.3 is 0 Å². The second-order valence-electron chi connectivity index (χ2n) is 5.87. The summed E-state index contributed by atoms with van der Waals surface area (Å²) in [5.41, 5.74) is 0.812. The lowest BCUT2D eigenvalue weighted by Crippen LogP contribution is -2.30. The van der Waals surface area contributed by atoms with Gasteiger partial charge in [0.2, 0.25) is 0 Å². The van der Waals surface area contributed by atoms with Crippen LogP contribution in [0.15, 0.2) is 64.4 Å². The monoisotopic (exact) mass is 326 g/mol. The normalized spacial score (nSPS) is 17.4. The highest BCUT2D eigenvalue weighted by molar-refractivity contribution is 7.99. The smallest absolute Gasteiger partial charge is 0.255 e. The summed E-state index contributed by atoms with van der Waals surface area (Å²) < 4.78 is 0. The van der Waals surface area contributed by atoms with Crippen molar-refractivity contribution in [2.45, 2.75) is 16.2 Å². The molecule has 1 aliphatic rings. The lowest BCUT2D eigenvalue weighted by Gasteiger charge is -2.18. The maximum absolute atomic E-state index is 12.9. The van der Waals surface area contributed by atoms with E-state index in [4.69, 9.17) is 0 Å². The Morgan fingerprint density at radius 1 is 1.17 bits per heavy atom. The molecule has 0 spiro atoms. The number of amides is 1. The van der Waals surface area contributed by atoms with E-state index in [0.29, 0.717) is 5.92 Å². The molecule has 3 nitrogen and oxygen atoms in total. The fraction of sp³-hybridized carbons (Fsp3) is 0.316. The maximum atomic E-state index is 12.9. The SMILES string of the molecule is CNCC1CCN(C(=O)c2ccccc2Sc2ccccc2)C1. The number of hydrogen-bond acceptors (Lipinski definition) is 3. The Hall–Kier alpha value is -1.78. The van der Waals surface area contributed by atoms with E-state index in [2.05, 4.69) is 17.4 Å². The van der Waals surface area contributed by atoms with Crippen LogP contribution >= 0.6 is 11.8 Å². The van der Waals surface area contributed by atoms with E-state index in [0.717, 1.165) is 41.4 Å². The Balaban J connectivity index is 1.76. The molecule has 1 N–H and O–H groups in total. The van der Waals surface area contributed by atoms with E-state index in [-0.39, 0.29) is 5.91 Å². The molecule has 2 aromatic carbocycles. The van der Waals surface area contributed by atoms with Gasteiger partial charge in [-0.2, -0.15) is 0 Å². The Kier molecular flexibility index (Phi) is 5.36. The van der Waals surface area contributed by atoms with E-state index < -0.39 is 0 Å². The van der Waals surface area contributed by atoms with Crippen LogP contribution < -0.4 is 5.32 Å². The Morgan fingerprint density at radius 3 is 2.70 bits per heavy atom. The van der Waals surface area contributed by atoms with Crippen molar-refractivity contribution in [3.05, 3.63) is 60.2 Å². The van der Waals surface area contributed by atoms with Crippen LogP contribution in [0.4, 0.5) is 0 Å². The fourth-order valence-corrected chi connectivity index (χ4v) is 3.95. The molecule has 0 radical (unpaired) electrons. The summed E-state index contributed by atoms with van der Waals surface area (Å²) in [6.07, 6.45) is 1.08. The number of carbonyl (C=O) groups excluding carboxylic acids is 1. The molecular formula is C19H22N2OS. The predicted molar refractivity (Wildman–Crippen MR) is 94.9 cm³/mol. The molecule has 1 unspecified atom stereocenters. The third-order valence-electron chi connectivity index (χ3n) is 4.15. The molecule has 3 rings (SSSR count). The molecular weight excluding hydrogens is 304 g/mol. The molecule has 1 atom stereocenters. The zero-order chi connectivity index (χ0) is 16.1. The molecule has 1 amide bonds. The van der Waals surface area contributed by atoms with Gasteiger partial charge in [0.15, 0.2) is 0 Å². The standard InChI is InChI=1S/C19H22N2OS/c1-20-13-15-11-12-21(14-15)19(22)17-9-5-6-10-18(17)23-16-7-3-2-4-8-16/h2-10,15,20H,11-14H2,1H3. The highest BCUT2D eigenvalue weighted by atomic mass is 32.2.